The average Bonchev–Trinajstić information content (AvgIpc) is 3.18. The summed E-state index contributed by atoms with van der Waals surface area (Å²) in [6.07, 6.45) is 8.12. The largest absolute Gasteiger partial charge is 0.444 e. The Morgan fingerprint density at radius 3 is 2.65 bits per heavy atom. The van der Waals surface area contributed by atoms with Gasteiger partial charge in [0, 0.05) is 24.8 Å². The third-order valence-corrected chi connectivity index (χ3v) is 4.29. The molecule has 9 nitrogen and oxygen atoms in total. The third-order valence-electron chi connectivity index (χ3n) is 4.29. The predicted molar refractivity (Wildman–Crippen MR) is 114 cm³/mol. The molecule has 1 aliphatic heterocycles. The molecule has 0 aliphatic carbocycles. The fraction of sp³-hybridized carbons (Fsp3) is 0.524. The van der Waals surface area contributed by atoms with E-state index in [1.807, 2.05) is 26.8 Å². The van der Waals surface area contributed by atoms with Crippen molar-refractivity contribution in [2.24, 2.45) is 0 Å². The van der Waals surface area contributed by atoms with Crippen molar-refractivity contribution in [1.82, 2.24) is 20.4 Å². The highest BCUT2D eigenvalue weighted by molar-refractivity contribution is 5.89. The zero-order valence-electron chi connectivity index (χ0n) is 18.2. The number of carbonyl (C=O) groups excluding carboxylic acids is 2. The molecule has 1 aromatic rings. The molecular weight excluding hydrogens is 405 g/mol. The fourth-order valence-corrected chi connectivity index (χ4v) is 2.81. The second-order valence-corrected chi connectivity index (χ2v) is 8.02. The number of ether oxygens (including phenoxy) is 1. The predicted octanol–water partition coefficient (Wildman–Crippen LogP) is 3.60. The van der Waals surface area contributed by atoms with Crippen LogP contribution in [-0.4, -0.2) is 58.5 Å². The minimum Gasteiger partial charge on any atom is -0.444 e. The van der Waals surface area contributed by atoms with E-state index >= 15 is 0 Å². The lowest BCUT2D eigenvalue weighted by molar-refractivity contribution is 0.0199. The van der Waals surface area contributed by atoms with Crippen molar-refractivity contribution in [2.45, 2.75) is 51.7 Å². The van der Waals surface area contributed by atoms with Crippen molar-refractivity contribution >= 4 is 18.0 Å². The van der Waals surface area contributed by atoms with Gasteiger partial charge in [-0.3, -0.25) is 4.79 Å². The number of hydrogen-bond acceptors (Lipinski definition) is 7. The lowest BCUT2D eigenvalue weighted by Gasteiger charge is -2.33. The molecule has 1 fully saturated rings. The van der Waals surface area contributed by atoms with Gasteiger partial charge in [-0.1, -0.05) is 36.0 Å². The molecule has 10 heteroatoms. The number of anilines is 1. The van der Waals surface area contributed by atoms with Crippen LogP contribution >= 0.6 is 0 Å². The Morgan fingerprint density at radius 1 is 1.32 bits per heavy atom. The summed E-state index contributed by atoms with van der Waals surface area (Å²) in [5.41, 5.74) is -0.301. The van der Waals surface area contributed by atoms with Crippen LogP contribution in [0.2, 0.25) is 0 Å². The van der Waals surface area contributed by atoms with Gasteiger partial charge in [-0.15, -0.1) is 5.10 Å². The number of aromatic nitrogens is 2. The standard InChI is InChI=1S/C21H30FN5O4/c1-5-6-7-8-9-16(14-22)24-19-26-25-18(30-19)17(28)23-15-10-12-27(13-11-15)20(29)31-21(2,3)4/h5-7,9,15H,1,8,10-14H2,2-4H3,(H,23,28)(H,24,26)/b7-6-,16-9+. The smallest absolute Gasteiger partial charge is 0.410 e. The number of allylic oxidation sites excluding steroid dienone is 5. The third kappa shape index (κ3) is 8.23. The lowest BCUT2D eigenvalue weighted by atomic mass is 10.1. The van der Waals surface area contributed by atoms with Gasteiger partial charge in [0.15, 0.2) is 0 Å². The Morgan fingerprint density at radius 2 is 2.03 bits per heavy atom. The summed E-state index contributed by atoms with van der Waals surface area (Å²) in [4.78, 5) is 26.1. The number of likely N-dealkylation sites (tertiary alicyclic amines) is 1. The summed E-state index contributed by atoms with van der Waals surface area (Å²) >= 11 is 0. The summed E-state index contributed by atoms with van der Waals surface area (Å²) in [6.45, 7) is 9.21. The van der Waals surface area contributed by atoms with Crippen LogP contribution < -0.4 is 10.6 Å². The van der Waals surface area contributed by atoms with E-state index in [1.54, 1.807) is 23.1 Å². The van der Waals surface area contributed by atoms with Crippen LogP contribution in [0.1, 0.15) is 50.7 Å². The first kappa shape index (κ1) is 24.1. The molecule has 0 bridgehead atoms. The number of nitrogens with zero attached hydrogens (tertiary/aromatic N) is 3. The molecule has 2 N–H and O–H groups in total. The van der Waals surface area contributed by atoms with Crippen LogP contribution in [0, 0.1) is 0 Å². The molecule has 170 valence electrons. The van der Waals surface area contributed by atoms with E-state index in [-0.39, 0.29) is 29.7 Å². The number of carbonyl (C=O) groups is 2. The van der Waals surface area contributed by atoms with E-state index in [2.05, 4.69) is 27.4 Å². The Kier molecular flexibility index (Phi) is 8.77. The number of halogens is 1. The Balaban J connectivity index is 1.83. The van der Waals surface area contributed by atoms with Crippen LogP contribution in [0.3, 0.4) is 0 Å². The zero-order valence-corrected chi connectivity index (χ0v) is 18.2. The van der Waals surface area contributed by atoms with E-state index in [4.69, 9.17) is 9.15 Å². The van der Waals surface area contributed by atoms with E-state index in [0.717, 1.165) is 0 Å². The molecule has 2 rings (SSSR count). The molecule has 0 radical (unpaired) electrons. The van der Waals surface area contributed by atoms with Gasteiger partial charge in [-0.25, -0.2) is 9.18 Å². The summed E-state index contributed by atoms with van der Waals surface area (Å²) in [5, 5.41) is 12.9. The summed E-state index contributed by atoms with van der Waals surface area (Å²) in [7, 11) is 0. The van der Waals surface area contributed by atoms with Crippen molar-refractivity contribution in [3.63, 3.8) is 0 Å². The lowest BCUT2D eigenvalue weighted by Crippen LogP contribution is -2.47. The minimum atomic E-state index is -0.748. The van der Waals surface area contributed by atoms with E-state index in [1.165, 1.54) is 0 Å². The molecule has 1 aromatic heterocycles. The van der Waals surface area contributed by atoms with Gasteiger partial charge in [-0.05, 0) is 40.0 Å². The number of nitrogens with one attached hydrogen (secondary N) is 2. The van der Waals surface area contributed by atoms with Gasteiger partial charge < -0.3 is 24.7 Å². The maximum absolute atomic E-state index is 13.1. The Hall–Kier alpha value is -3.17. The quantitative estimate of drug-likeness (QED) is 0.601. The van der Waals surface area contributed by atoms with Gasteiger partial charge >= 0.3 is 23.9 Å². The molecule has 0 atom stereocenters. The maximum atomic E-state index is 13.1. The molecular formula is C21H30FN5O4. The first-order chi connectivity index (χ1) is 14.7. The molecule has 1 aliphatic rings. The minimum absolute atomic E-state index is 0.0681. The molecule has 0 unspecified atom stereocenters. The van der Waals surface area contributed by atoms with Gasteiger partial charge in [-0.2, -0.15) is 0 Å². The molecule has 2 heterocycles. The van der Waals surface area contributed by atoms with E-state index < -0.39 is 18.2 Å². The first-order valence-electron chi connectivity index (χ1n) is 10.1. The fourth-order valence-electron chi connectivity index (χ4n) is 2.81. The second-order valence-electron chi connectivity index (χ2n) is 8.02. The number of alkyl halides is 1. The summed E-state index contributed by atoms with van der Waals surface area (Å²) < 4.78 is 23.8. The highest BCUT2D eigenvalue weighted by Gasteiger charge is 2.28. The summed E-state index contributed by atoms with van der Waals surface area (Å²) in [6, 6.07) is -0.200. The zero-order chi connectivity index (χ0) is 22.9. The molecule has 0 spiro atoms. The van der Waals surface area contributed by atoms with Crippen molar-refractivity contribution in [1.29, 1.82) is 0 Å². The topological polar surface area (TPSA) is 110 Å². The molecule has 31 heavy (non-hydrogen) atoms. The van der Waals surface area contributed by atoms with Gasteiger partial charge in [0.1, 0.15) is 12.3 Å². The van der Waals surface area contributed by atoms with Crippen LogP contribution in [0.15, 0.2) is 41.0 Å². The molecule has 0 aromatic carbocycles. The number of hydrogen-bond donors (Lipinski definition) is 2. The van der Waals surface area contributed by atoms with Crippen LogP contribution in [0.4, 0.5) is 15.2 Å². The number of piperidine rings is 1. The van der Waals surface area contributed by atoms with Crippen molar-refractivity contribution in [2.75, 3.05) is 25.1 Å². The normalized spacial score (nSPS) is 15.7. The van der Waals surface area contributed by atoms with Crippen LogP contribution in [-0.2, 0) is 4.74 Å². The molecule has 0 saturated carbocycles. The van der Waals surface area contributed by atoms with Crippen molar-refractivity contribution < 1.29 is 23.1 Å². The highest BCUT2D eigenvalue weighted by Crippen LogP contribution is 2.16. The average molecular weight is 436 g/mol. The van der Waals surface area contributed by atoms with Gasteiger partial charge in [0.2, 0.25) is 0 Å². The summed E-state index contributed by atoms with van der Waals surface area (Å²) in [5.74, 6) is -0.738. The monoisotopic (exact) mass is 435 g/mol. The van der Waals surface area contributed by atoms with Crippen molar-refractivity contribution in [3.8, 4) is 0 Å². The van der Waals surface area contributed by atoms with E-state index in [0.29, 0.717) is 32.4 Å². The van der Waals surface area contributed by atoms with Crippen LogP contribution in [0.5, 0.6) is 0 Å². The SMILES string of the molecule is C=C/C=C\C/C=C(\CF)Nc1nnc(C(=O)NC2CCN(C(=O)OC(C)(C)C)CC2)o1. The Bertz CT molecular complexity index is 820. The number of rotatable bonds is 8. The van der Waals surface area contributed by atoms with Crippen molar-refractivity contribution in [3.05, 3.63) is 42.5 Å². The molecule has 2 amide bonds. The Labute approximate surface area is 181 Å². The van der Waals surface area contributed by atoms with Gasteiger partial charge in [0.05, 0.1) is 0 Å². The molecule has 1 saturated heterocycles. The van der Waals surface area contributed by atoms with Crippen LogP contribution in [0.25, 0.3) is 0 Å². The maximum Gasteiger partial charge on any atom is 0.410 e. The van der Waals surface area contributed by atoms with E-state index in [9.17, 15) is 14.0 Å². The second kappa shape index (κ2) is 11.3. The van der Waals surface area contributed by atoms with Gasteiger partial charge in [0.25, 0.3) is 0 Å². The number of amides is 2. The highest BCUT2D eigenvalue weighted by atomic mass is 19.1. The first-order valence-corrected chi connectivity index (χ1v) is 10.1.